The molecule has 1 N–H and O–H groups in total. The van der Waals surface area contributed by atoms with Gasteiger partial charge in [0.15, 0.2) is 17.8 Å². The van der Waals surface area contributed by atoms with Crippen molar-refractivity contribution < 1.29 is 33.2 Å². The summed E-state index contributed by atoms with van der Waals surface area (Å²) in [6.07, 6.45) is 2.39. The molecule has 36 heavy (non-hydrogen) atoms. The van der Waals surface area contributed by atoms with E-state index in [4.69, 9.17) is 18.9 Å². The van der Waals surface area contributed by atoms with Gasteiger partial charge in [-0.3, -0.25) is 4.79 Å². The Hall–Kier alpha value is -3.43. The maximum atomic E-state index is 15.6. The van der Waals surface area contributed by atoms with Gasteiger partial charge >= 0.3 is 5.97 Å². The first-order valence-corrected chi connectivity index (χ1v) is 11.7. The third kappa shape index (κ3) is 4.22. The molecule has 9 heteroatoms. The first-order valence-electron chi connectivity index (χ1n) is 11.7. The summed E-state index contributed by atoms with van der Waals surface area (Å²) in [6, 6.07) is 6.21. The number of rotatable bonds is 6. The second-order valence-corrected chi connectivity index (χ2v) is 10.1. The molecule has 0 unspecified atom stereocenters. The quantitative estimate of drug-likeness (QED) is 0.516. The predicted molar refractivity (Wildman–Crippen MR) is 130 cm³/mol. The van der Waals surface area contributed by atoms with Crippen LogP contribution in [-0.4, -0.2) is 43.1 Å². The van der Waals surface area contributed by atoms with Crippen LogP contribution in [0.2, 0.25) is 0 Å². The normalized spacial score (nSPS) is 17.8. The summed E-state index contributed by atoms with van der Waals surface area (Å²) in [5.74, 6) is -1.33. The summed E-state index contributed by atoms with van der Waals surface area (Å²) < 4.78 is 40.4. The van der Waals surface area contributed by atoms with Crippen LogP contribution in [0.25, 0.3) is 22.0 Å². The van der Waals surface area contributed by atoms with E-state index >= 15 is 4.39 Å². The number of benzene rings is 2. The highest BCUT2D eigenvalue weighted by Crippen LogP contribution is 2.45. The number of methoxy groups -OCH3 is 2. The van der Waals surface area contributed by atoms with Crippen molar-refractivity contribution in [2.24, 2.45) is 5.41 Å². The van der Waals surface area contributed by atoms with Crippen molar-refractivity contribution in [1.82, 2.24) is 4.57 Å². The molecule has 1 aromatic heterocycles. The number of hydrogen-bond donors (Lipinski definition) is 1. The van der Waals surface area contributed by atoms with Crippen LogP contribution in [0, 0.1) is 11.2 Å². The summed E-state index contributed by atoms with van der Waals surface area (Å²) in [6.45, 7) is 5.07. The Morgan fingerprint density at radius 3 is 2.36 bits per heavy atom. The van der Waals surface area contributed by atoms with Crippen LogP contribution in [0.5, 0.6) is 11.5 Å². The second-order valence-electron chi connectivity index (χ2n) is 10.1. The number of ether oxygens (including phenoxy) is 4. The van der Waals surface area contributed by atoms with Crippen LogP contribution in [0.3, 0.4) is 0 Å². The number of pyridine rings is 1. The SMILES string of the molecule is COc1cc(C2OCC(C)(C)CO2)cc(-c2cc3c(cc2F)c(=O)c(C(=O)O)cn3C2CC2)c1OC. The topological polar surface area (TPSA) is 96.2 Å². The molecule has 0 bridgehead atoms. The molecule has 1 aliphatic heterocycles. The predicted octanol–water partition coefficient (Wildman–Crippen LogP) is 4.93. The Labute approximate surface area is 207 Å². The lowest BCUT2D eigenvalue weighted by Gasteiger charge is -2.35. The fourth-order valence-corrected chi connectivity index (χ4v) is 4.59. The minimum Gasteiger partial charge on any atom is -0.493 e. The third-order valence-electron chi connectivity index (χ3n) is 6.61. The van der Waals surface area contributed by atoms with Gasteiger partial charge in [-0.15, -0.1) is 0 Å². The lowest BCUT2D eigenvalue weighted by molar-refractivity contribution is -0.226. The highest BCUT2D eigenvalue weighted by atomic mass is 19.1. The molecule has 0 atom stereocenters. The van der Waals surface area contributed by atoms with E-state index in [2.05, 4.69) is 0 Å². The Morgan fingerprint density at radius 2 is 1.78 bits per heavy atom. The molecule has 0 radical (unpaired) electrons. The molecule has 5 rings (SSSR count). The van der Waals surface area contributed by atoms with Gasteiger partial charge in [0.2, 0.25) is 5.43 Å². The minimum atomic E-state index is -1.34. The largest absolute Gasteiger partial charge is 0.493 e. The van der Waals surface area contributed by atoms with Crippen LogP contribution in [0.1, 0.15) is 54.9 Å². The Morgan fingerprint density at radius 1 is 1.08 bits per heavy atom. The zero-order valence-electron chi connectivity index (χ0n) is 20.6. The molecule has 0 amide bonds. The smallest absolute Gasteiger partial charge is 0.341 e. The van der Waals surface area contributed by atoms with Crippen molar-refractivity contribution >= 4 is 16.9 Å². The number of halogens is 1. The molecular formula is C27H28FNO7. The zero-order chi connectivity index (χ0) is 25.8. The number of carbonyl (C=O) groups is 1. The lowest BCUT2D eigenvalue weighted by atomic mass is 9.94. The summed E-state index contributed by atoms with van der Waals surface area (Å²) in [4.78, 5) is 24.5. The van der Waals surface area contributed by atoms with E-state index < -0.39 is 23.5 Å². The van der Waals surface area contributed by atoms with E-state index in [1.54, 1.807) is 22.8 Å². The number of nitrogens with zero attached hydrogens (tertiary/aromatic N) is 1. The number of aromatic carboxylic acids is 1. The van der Waals surface area contributed by atoms with Gasteiger partial charge in [-0.25, -0.2) is 9.18 Å². The molecule has 3 aromatic rings. The van der Waals surface area contributed by atoms with Crippen molar-refractivity contribution in [3.63, 3.8) is 0 Å². The number of aromatic nitrogens is 1. The van der Waals surface area contributed by atoms with Gasteiger partial charge in [-0.2, -0.15) is 0 Å². The van der Waals surface area contributed by atoms with E-state index in [1.807, 2.05) is 13.8 Å². The van der Waals surface area contributed by atoms with E-state index in [-0.39, 0.29) is 28.0 Å². The average Bonchev–Trinajstić information content (AvgIpc) is 3.68. The third-order valence-corrected chi connectivity index (χ3v) is 6.61. The number of fused-ring (bicyclic) bond motifs is 1. The highest BCUT2D eigenvalue weighted by molar-refractivity contribution is 5.94. The average molecular weight is 498 g/mol. The molecule has 8 nitrogen and oxygen atoms in total. The fourth-order valence-electron chi connectivity index (χ4n) is 4.59. The number of carboxylic acid groups (broad SMARTS) is 1. The second kappa shape index (κ2) is 8.90. The summed E-state index contributed by atoms with van der Waals surface area (Å²) in [7, 11) is 2.96. The highest BCUT2D eigenvalue weighted by Gasteiger charge is 2.32. The Kier molecular flexibility index (Phi) is 6.00. The Bertz CT molecular complexity index is 1410. The summed E-state index contributed by atoms with van der Waals surface area (Å²) in [5.41, 5.74) is 0.470. The molecule has 0 spiro atoms. The molecule has 2 aromatic carbocycles. The molecule has 190 valence electrons. The first-order chi connectivity index (χ1) is 17.1. The lowest BCUT2D eigenvalue weighted by Crippen LogP contribution is -2.33. The fraction of sp³-hybridized carbons (Fsp3) is 0.407. The summed E-state index contributed by atoms with van der Waals surface area (Å²) in [5, 5.41) is 9.52. The minimum absolute atomic E-state index is 0.0197. The van der Waals surface area contributed by atoms with Gasteiger partial charge in [0.05, 0.1) is 33.0 Å². The maximum Gasteiger partial charge on any atom is 0.341 e. The van der Waals surface area contributed by atoms with Gasteiger partial charge in [0.1, 0.15) is 11.4 Å². The van der Waals surface area contributed by atoms with Gasteiger partial charge in [0.25, 0.3) is 0 Å². The molecular weight excluding hydrogens is 469 g/mol. The van der Waals surface area contributed by atoms with Crippen LogP contribution < -0.4 is 14.9 Å². The summed E-state index contributed by atoms with van der Waals surface area (Å²) >= 11 is 0. The van der Waals surface area contributed by atoms with Crippen molar-refractivity contribution in [1.29, 1.82) is 0 Å². The molecule has 2 aliphatic rings. The molecule has 1 aliphatic carbocycles. The van der Waals surface area contributed by atoms with E-state index in [9.17, 15) is 14.7 Å². The Balaban J connectivity index is 1.71. The van der Waals surface area contributed by atoms with Gasteiger partial charge < -0.3 is 28.6 Å². The molecule has 1 saturated carbocycles. The zero-order valence-corrected chi connectivity index (χ0v) is 20.6. The van der Waals surface area contributed by atoms with Crippen molar-refractivity contribution in [3.8, 4) is 22.6 Å². The van der Waals surface area contributed by atoms with E-state index in [1.165, 1.54) is 20.4 Å². The van der Waals surface area contributed by atoms with Crippen LogP contribution in [0.15, 0.2) is 35.3 Å². The van der Waals surface area contributed by atoms with Crippen molar-refractivity contribution in [3.05, 3.63) is 57.6 Å². The van der Waals surface area contributed by atoms with Crippen LogP contribution in [0.4, 0.5) is 4.39 Å². The number of hydrogen-bond acceptors (Lipinski definition) is 6. The van der Waals surface area contributed by atoms with Crippen LogP contribution in [-0.2, 0) is 9.47 Å². The monoisotopic (exact) mass is 497 g/mol. The standard InChI is InChI=1S/C27H28FNO7/c1-27(2)12-35-26(36-13-27)14-7-17(24(34-4)22(8-14)33-3)16-10-21-18(9-20(16)28)23(30)19(25(31)32)11-29(21)15-5-6-15/h7-11,15,26H,5-6,12-13H2,1-4H3,(H,31,32). The van der Waals surface area contributed by atoms with Crippen LogP contribution >= 0.6 is 0 Å². The number of carboxylic acids is 1. The van der Waals surface area contributed by atoms with E-state index in [0.717, 1.165) is 18.9 Å². The molecule has 2 fully saturated rings. The maximum absolute atomic E-state index is 15.6. The molecule has 2 heterocycles. The van der Waals surface area contributed by atoms with E-state index in [0.29, 0.717) is 41.4 Å². The molecule has 1 saturated heterocycles. The van der Waals surface area contributed by atoms with Gasteiger partial charge in [0, 0.05) is 39.7 Å². The van der Waals surface area contributed by atoms with Crippen molar-refractivity contribution in [2.45, 2.75) is 39.0 Å². The van der Waals surface area contributed by atoms with Gasteiger partial charge in [-0.05, 0) is 37.1 Å². The van der Waals surface area contributed by atoms with Gasteiger partial charge in [-0.1, -0.05) is 13.8 Å². The van der Waals surface area contributed by atoms with Crippen molar-refractivity contribution in [2.75, 3.05) is 27.4 Å². The first kappa shape index (κ1) is 24.3.